The van der Waals surface area contributed by atoms with Crippen molar-refractivity contribution in [2.45, 2.75) is 51.2 Å². The van der Waals surface area contributed by atoms with E-state index in [1.807, 2.05) is 37.4 Å². The lowest BCUT2D eigenvalue weighted by Gasteiger charge is -2.35. The molecule has 0 fully saturated rings. The Kier molecular flexibility index (Phi) is 8.81. The van der Waals surface area contributed by atoms with Crippen LogP contribution in [0.2, 0.25) is 0 Å². The van der Waals surface area contributed by atoms with Crippen molar-refractivity contribution in [3.05, 3.63) is 65.4 Å². The molecule has 4 amide bonds. The predicted octanol–water partition coefficient (Wildman–Crippen LogP) is 5.75. The number of esters is 1. The van der Waals surface area contributed by atoms with E-state index in [4.69, 9.17) is 4.74 Å². The highest BCUT2D eigenvalue weighted by molar-refractivity contribution is 7.98. The Hall–Kier alpha value is -3.46. The fourth-order valence-electron chi connectivity index (χ4n) is 3.79. The number of rotatable bonds is 8. The number of carbonyl (C=O) groups is 3. The van der Waals surface area contributed by atoms with Gasteiger partial charge in [-0.05, 0) is 75.4 Å². The zero-order valence-corrected chi connectivity index (χ0v) is 21.5. The number of benzene rings is 2. The molecule has 2 aromatic rings. The number of allylic oxidation sites excluding steroid dienone is 1. The molecule has 1 heterocycles. The molecule has 0 saturated heterocycles. The highest BCUT2D eigenvalue weighted by Crippen LogP contribution is 2.32. The summed E-state index contributed by atoms with van der Waals surface area (Å²) in [6.07, 6.45) is 2.46. The lowest BCUT2D eigenvalue weighted by molar-refractivity contribution is -0.143. The largest absolute Gasteiger partial charge is 0.459 e. The highest BCUT2D eigenvalue weighted by atomic mass is 32.2. The van der Waals surface area contributed by atoms with Crippen LogP contribution in [-0.4, -0.2) is 41.8 Å². The van der Waals surface area contributed by atoms with Crippen molar-refractivity contribution < 1.29 is 19.1 Å². The maximum Gasteiger partial charge on any atom is 0.338 e. The van der Waals surface area contributed by atoms with Crippen molar-refractivity contribution in [1.82, 2.24) is 10.2 Å². The van der Waals surface area contributed by atoms with E-state index in [2.05, 4.69) is 16.0 Å². The summed E-state index contributed by atoms with van der Waals surface area (Å²) in [7, 11) is 0. The Bertz CT molecular complexity index is 1100. The average Bonchev–Trinajstić information content (AvgIpc) is 2.81. The molecule has 1 atom stereocenters. The van der Waals surface area contributed by atoms with Crippen molar-refractivity contribution in [3.63, 3.8) is 0 Å². The van der Waals surface area contributed by atoms with Crippen molar-refractivity contribution in [3.8, 4) is 0 Å². The van der Waals surface area contributed by atoms with E-state index in [9.17, 15) is 14.4 Å². The molecule has 0 aliphatic carbocycles. The number of carbonyl (C=O) groups excluding carboxylic acids is 3. The van der Waals surface area contributed by atoms with E-state index in [0.717, 1.165) is 11.3 Å². The normalized spacial score (nSPS) is 15.7. The second kappa shape index (κ2) is 11.8. The number of hydrogen-bond donors (Lipinski definition) is 3. The molecule has 3 rings (SSSR count). The van der Waals surface area contributed by atoms with Crippen LogP contribution in [0, 0.1) is 0 Å². The molecule has 1 aliphatic rings. The van der Waals surface area contributed by atoms with Gasteiger partial charge in [0.15, 0.2) is 0 Å². The molecule has 186 valence electrons. The maximum atomic E-state index is 13.0. The number of nitrogens with zero attached hydrogens (tertiary/aromatic N) is 1. The smallest absolute Gasteiger partial charge is 0.338 e. The van der Waals surface area contributed by atoms with E-state index in [1.165, 1.54) is 0 Å². The summed E-state index contributed by atoms with van der Waals surface area (Å²) in [4.78, 5) is 40.8. The van der Waals surface area contributed by atoms with Crippen LogP contribution in [0.5, 0.6) is 0 Å². The monoisotopic (exact) mass is 496 g/mol. The van der Waals surface area contributed by atoms with E-state index in [-0.39, 0.29) is 18.2 Å². The zero-order chi connectivity index (χ0) is 25.5. The molecule has 1 aliphatic heterocycles. The molecule has 0 aromatic heterocycles. The molecule has 8 nitrogen and oxygen atoms in total. The van der Waals surface area contributed by atoms with Crippen molar-refractivity contribution in [1.29, 1.82) is 0 Å². The molecule has 2 aromatic carbocycles. The molecule has 0 spiro atoms. The minimum atomic E-state index is -0.653. The van der Waals surface area contributed by atoms with Gasteiger partial charge in [0.2, 0.25) is 0 Å². The van der Waals surface area contributed by atoms with E-state index < -0.39 is 12.0 Å². The van der Waals surface area contributed by atoms with Gasteiger partial charge in [0.25, 0.3) is 0 Å². The summed E-state index contributed by atoms with van der Waals surface area (Å²) >= 11 is 1.63. The van der Waals surface area contributed by atoms with Crippen LogP contribution in [-0.2, 0) is 9.53 Å². The molecule has 0 radical (unpaired) electrons. The third kappa shape index (κ3) is 6.57. The van der Waals surface area contributed by atoms with Gasteiger partial charge in [-0.1, -0.05) is 19.1 Å². The second-order valence-corrected chi connectivity index (χ2v) is 9.30. The predicted molar refractivity (Wildman–Crippen MR) is 140 cm³/mol. The molecular weight excluding hydrogens is 464 g/mol. The third-order valence-corrected chi connectivity index (χ3v) is 6.20. The molecule has 35 heavy (non-hydrogen) atoms. The molecular formula is C26H32N4O4S. The standard InChI is InChI=1S/C26H32N4O4S/c1-6-15-30-17(4)22(24(31)34-16(2)3)23(29-26(30)33)18-7-9-19(10-8-18)27-25(32)28-20-11-13-21(35-5)14-12-20/h7-14,16,23H,6,15H2,1-5H3,(H,29,33)(H2,27,28,32). The van der Waals surface area contributed by atoms with Gasteiger partial charge in [-0.25, -0.2) is 14.4 Å². The zero-order valence-electron chi connectivity index (χ0n) is 20.7. The van der Waals surface area contributed by atoms with Gasteiger partial charge in [0.1, 0.15) is 0 Å². The Labute approximate surface area is 210 Å². The average molecular weight is 497 g/mol. The molecule has 0 saturated carbocycles. The Morgan fingerprint density at radius 2 is 1.63 bits per heavy atom. The fourth-order valence-corrected chi connectivity index (χ4v) is 4.20. The van der Waals surface area contributed by atoms with Crippen LogP contribution in [0.4, 0.5) is 21.0 Å². The first kappa shape index (κ1) is 26.2. The first-order chi connectivity index (χ1) is 16.7. The topological polar surface area (TPSA) is 99.8 Å². The van der Waals surface area contributed by atoms with E-state index >= 15 is 0 Å². The van der Waals surface area contributed by atoms with Gasteiger partial charge < -0.3 is 20.7 Å². The number of nitrogens with one attached hydrogen (secondary N) is 3. The fraction of sp³-hybridized carbons (Fsp3) is 0.346. The lowest BCUT2D eigenvalue weighted by atomic mass is 9.94. The lowest BCUT2D eigenvalue weighted by Crippen LogP contribution is -2.48. The molecule has 9 heteroatoms. The summed E-state index contributed by atoms with van der Waals surface area (Å²) in [6, 6.07) is 13.3. The van der Waals surface area contributed by atoms with Gasteiger partial charge in [-0.15, -0.1) is 11.8 Å². The van der Waals surface area contributed by atoms with Gasteiger partial charge in [0.05, 0.1) is 17.7 Å². The van der Waals surface area contributed by atoms with E-state index in [1.54, 1.807) is 61.7 Å². The van der Waals surface area contributed by atoms with Gasteiger partial charge >= 0.3 is 18.0 Å². The van der Waals surface area contributed by atoms with Crippen LogP contribution in [0.15, 0.2) is 64.7 Å². The van der Waals surface area contributed by atoms with Gasteiger partial charge in [0, 0.05) is 28.5 Å². The number of urea groups is 2. The Balaban J connectivity index is 1.78. The third-order valence-electron chi connectivity index (χ3n) is 5.46. The second-order valence-electron chi connectivity index (χ2n) is 8.42. The number of amides is 4. The van der Waals surface area contributed by atoms with Gasteiger partial charge in [-0.2, -0.15) is 0 Å². The minimum absolute atomic E-state index is 0.260. The first-order valence-corrected chi connectivity index (χ1v) is 12.8. The van der Waals surface area contributed by atoms with E-state index in [0.29, 0.717) is 34.8 Å². The summed E-state index contributed by atoms with van der Waals surface area (Å²) in [5.41, 5.74) is 2.96. The number of anilines is 2. The van der Waals surface area contributed by atoms with Crippen LogP contribution >= 0.6 is 11.8 Å². The number of thioether (sulfide) groups is 1. The minimum Gasteiger partial charge on any atom is -0.459 e. The number of ether oxygens (including phenoxy) is 1. The van der Waals surface area contributed by atoms with Crippen LogP contribution < -0.4 is 16.0 Å². The summed E-state index contributed by atoms with van der Waals surface area (Å²) in [5, 5.41) is 8.53. The SMILES string of the molecule is CCCN1C(=O)NC(c2ccc(NC(=O)Nc3ccc(SC)cc3)cc2)C(C(=O)OC(C)C)=C1C. The Morgan fingerprint density at radius 3 is 2.14 bits per heavy atom. The summed E-state index contributed by atoms with van der Waals surface area (Å²) in [5.74, 6) is -0.460. The molecule has 3 N–H and O–H groups in total. The molecule has 1 unspecified atom stereocenters. The number of hydrogen-bond acceptors (Lipinski definition) is 5. The summed E-state index contributed by atoms with van der Waals surface area (Å²) < 4.78 is 5.48. The molecule has 0 bridgehead atoms. The first-order valence-electron chi connectivity index (χ1n) is 11.5. The van der Waals surface area contributed by atoms with Crippen molar-refractivity contribution >= 4 is 41.2 Å². The van der Waals surface area contributed by atoms with Crippen LogP contribution in [0.3, 0.4) is 0 Å². The van der Waals surface area contributed by atoms with Crippen LogP contribution in [0.25, 0.3) is 0 Å². The maximum absolute atomic E-state index is 13.0. The van der Waals surface area contributed by atoms with Crippen molar-refractivity contribution in [2.75, 3.05) is 23.4 Å². The highest BCUT2D eigenvalue weighted by Gasteiger charge is 2.36. The Morgan fingerprint density at radius 1 is 1.06 bits per heavy atom. The van der Waals surface area contributed by atoms with Gasteiger partial charge in [-0.3, -0.25) is 4.90 Å². The van der Waals surface area contributed by atoms with Crippen molar-refractivity contribution in [2.24, 2.45) is 0 Å². The quantitative estimate of drug-likeness (QED) is 0.319. The summed E-state index contributed by atoms with van der Waals surface area (Å²) in [6.45, 7) is 7.82. The van der Waals surface area contributed by atoms with Crippen LogP contribution in [0.1, 0.15) is 45.7 Å².